The first-order chi connectivity index (χ1) is 13.0. The van der Waals surface area contributed by atoms with Crippen LogP contribution in [-0.4, -0.2) is 22.8 Å². The maximum atomic E-state index is 12.8. The molecule has 0 aliphatic heterocycles. The van der Waals surface area contributed by atoms with Gasteiger partial charge in [-0.3, -0.25) is 19.7 Å². The Kier molecular flexibility index (Phi) is 5.27. The van der Waals surface area contributed by atoms with E-state index >= 15 is 0 Å². The van der Waals surface area contributed by atoms with Crippen molar-refractivity contribution in [2.24, 2.45) is 0 Å². The molecule has 0 aliphatic carbocycles. The molecule has 2 N–H and O–H groups in total. The van der Waals surface area contributed by atoms with Crippen molar-refractivity contribution < 1.29 is 18.9 Å². The molecular weight excluding hydrogens is 350 g/mol. The van der Waals surface area contributed by atoms with E-state index in [1.165, 1.54) is 30.5 Å². The van der Waals surface area contributed by atoms with E-state index in [-0.39, 0.29) is 11.4 Å². The van der Waals surface area contributed by atoms with Crippen LogP contribution in [0.3, 0.4) is 0 Å². The minimum atomic E-state index is -1.15. The van der Waals surface area contributed by atoms with Gasteiger partial charge >= 0.3 is 0 Å². The van der Waals surface area contributed by atoms with Crippen molar-refractivity contribution in [3.05, 3.63) is 94.4 Å². The van der Waals surface area contributed by atoms with Crippen molar-refractivity contribution in [1.82, 2.24) is 5.32 Å². The van der Waals surface area contributed by atoms with Gasteiger partial charge in [0.2, 0.25) is 5.78 Å². The highest BCUT2D eigenvalue weighted by Crippen LogP contribution is 2.18. The minimum absolute atomic E-state index is 0.0432. The third-order valence-electron chi connectivity index (χ3n) is 3.71. The van der Waals surface area contributed by atoms with Crippen LogP contribution in [0.1, 0.15) is 20.9 Å². The molecule has 0 radical (unpaired) electrons. The lowest BCUT2D eigenvalue weighted by Crippen LogP contribution is -2.46. The van der Waals surface area contributed by atoms with Gasteiger partial charge in [-0.05, 0) is 18.2 Å². The van der Waals surface area contributed by atoms with Crippen LogP contribution in [-0.2, 0) is 0 Å². The summed E-state index contributed by atoms with van der Waals surface area (Å²) in [6.07, 6.45) is 0.198. The second-order valence-corrected chi connectivity index (χ2v) is 5.57. The molecule has 1 aromatic heterocycles. The predicted molar refractivity (Wildman–Crippen MR) is 97.5 cm³/mol. The fourth-order valence-electron chi connectivity index (χ4n) is 2.42. The van der Waals surface area contributed by atoms with Crippen molar-refractivity contribution in [3.63, 3.8) is 0 Å². The monoisotopic (exact) mass is 365 g/mol. The zero-order valence-corrected chi connectivity index (χ0v) is 14.0. The van der Waals surface area contributed by atoms with Gasteiger partial charge in [0.05, 0.1) is 11.2 Å². The Morgan fingerprint density at radius 1 is 1.00 bits per heavy atom. The van der Waals surface area contributed by atoms with Gasteiger partial charge in [0.15, 0.2) is 11.9 Å². The van der Waals surface area contributed by atoms with Gasteiger partial charge in [0.25, 0.3) is 11.6 Å². The molecule has 0 saturated heterocycles. The summed E-state index contributed by atoms with van der Waals surface area (Å²) in [4.78, 5) is 35.6. The Balaban J connectivity index is 1.87. The summed E-state index contributed by atoms with van der Waals surface area (Å²) >= 11 is 0. The fourth-order valence-corrected chi connectivity index (χ4v) is 2.42. The third-order valence-corrected chi connectivity index (χ3v) is 3.71. The molecule has 3 rings (SSSR count). The van der Waals surface area contributed by atoms with Crippen LogP contribution in [0.5, 0.6) is 0 Å². The number of nitrogens with zero attached hydrogens (tertiary/aromatic N) is 1. The van der Waals surface area contributed by atoms with E-state index in [0.29, 0.717) is 11.3 Å². The van der Waals surface area contributed by atoms with E-state index in [4.69, 9.17) is 4.42 Å². The van der Waals surface area contributed by atoms with Crippen LogP contribution in [0.4, 0.5) is 11.4 Å². The van der Waals surface area contributed by atoms with Gasteiger partial charge < -0.3 is 15.1 Å². The summed E-state index contributed by atoms with van der Waals surface area (Å²) in [5.74, 6) is -0.948. The van der Waals surface area contributed by atoms with E-state index in [0.717, 1.165) is 0 Å². The first-order valence-electron chi connectivity index (χ1n) is 7.99. The fraction of sp³-hybridized carbons (Fsp3) is 0.0526. The Bertz CT molecular complexity index is 954. The molecular formula is C19H15N3O5. The van der Waals surface area contributed by atoms with Crippen molar-refractivity contribution in [1.29, 1.82) is 0 Å². The van der Waals surface area contributed by atoms with E-state index in [9.17, 15) is 19.7 Å². The summed E-state index contributed by atoms with van der Waals surface area (Å²) in [6.45, 7) is 0. The largest absolute Gasteiger partial charge is 0.459 e. The molecule has 2 aromatic carbocycles. The minimum Gasteiger partial charge on any atom is -0.459 e. The molecule has 8 heteroatoms. The smallest absolute Gasteiger partial charge is 0.288 e. The number of amides is 1. The number of carbonyl (C=O) groups excluding carboxylic acids is 2. The van der Waals surface area contributed by atoms with Crippen LogP contribution in [0.25, 0.3) is 0 Å². The zero-order valence-electron chi connectivity index (χ0n) is 14.0. The molecule has 1 heterocycles. The summed E-state index contributed by atoms with van der Waals surface area (Å²) in [6, 6.07) is 17.1. The van der Waals surface area contributed by atoms with Crippen LogP contribution < -0.4 is 10.6 Å². The lowest BCUT2D eigenvalue weighted by atomic mass is 10.1. The number of anilines is 1. The topological polar surface area (TPSA) is 114 Å². The molecule has 8 nitrogen and oxygen atoms in total. The number of ketones is 1. The second-order valence-electron chi connectivity index (χ2n) is 5.57. The zero-order chi connectivity index (χ0) is 19.2. The number of benzene rings is 2. The second kappa shape index (κ2) is 7.96. The average molecular weight is 365 g/mol. The van der Waals surface area contributed by atoms with Crippen LogP contribution in [0.15, 0.2) is 77.4 Å². The summed E-state index contributed by atoms with van der Waals surface area (Å²) < 4.78 is 5.04. The highest BCUT2D eigenvalue weighted by atomic mass is 16.6. The number of hydrogen-bond acceptors (Lipinski definition) is 6. The van der Waals surface area contributed by atoms with E-state index in [1.54, 1.807) is 42.5 Å². The Morgan fingerprint density at radius 3 is 2.44 bits per heavy atom. The van der Waals surface area contributed by atoms with Gasteiger partial charge in [0, 0.05) is 23.4 Å². The van der Waals surface area contributed by atoms with Gasteiger partial charge in [-0.2, -0.15) is 0 Å². The number of nitrogens with one attached hydrogen (secondary N) is 2. The average Bonchev–Trinajstić information content (AvgIpc) is 3.23. The molecule has 3 aromatic rings. The molecule has 1 amide bonds. The highest BCUT2D eigenvalue weighted by Gasteiger charge is 2.24. The van der Waals surface area contributed by atoms with Gasteiger partial charge in [-0.1, -0.05) is 36.4 Å². The van der Waals surface area contributed by atoms with Gasteiger partial charge in [0.1, 0.15) is 0 Å². The number of carbonyl (C=O) groups is 2. The quantitative estimate of drug-likeness (QED) is 0.287. The van der Waals surface area contributed by atoms with Crippen LogP contribution in [0.2, 0.25) is 0 Å². The molecule has 0 aliphatic rings. The summed E-state index contributed by atoms with van der Waals surface area (Å²) in [5.41, 5.74) is 0.557. The molecule has 0 fully saturated rings. The lowest BCUT2D eigenvalue weighted by Gasteiger charge is -2.20. The number of furan rings is 1. The molecule has 27 heavy (non-hydrogen) atoms. The van der Waals surface area contributed by atoms with Crippen molar-refractivity contribution in [3.8, 4) is 0 Å². The molecule has 0 bridgehead atoms. The first kappa shape index (κ1) is 17.9. The van der Waals surface area contributed by atoms with Crippen molar-refractivity contribution in [2.45, 2.75) is 6.17 Å². The number of rotatable bonds is 7. The molecule has 136 valence electrons. The van der Waals surface area contributed by atoms with Gasteiger partial charge in [-0.15, -0.1) is 0 Å². The summed E-state index contributed by atoms with van der Waals surface area (Å²) in [5, 5.41) is 16.3. The van der Waals surface area contributed by atoms with Crippen molar-refractivity contribution in [2.75, 3.05) is 5.32 Å². The highest BCUT2D eigenvalue weighted by molar-refractivity contribution is 6.04. The SMILES string of the molecule is O=C(N[C@@H](Nc1cccc([N+](=O)[O-])c1)C(=O)c1ccccc1)c1ccco1. The number of Topliss-reactive ketones (excluding diaryl/α,β-unsaturated/α-hetero) is 1. The molecule has 0 saturated carbocycles. The van der Waals surface area contributed by atoms with E-state index < -0.39 is 22.8 Å². The van der Waals surface area contributed by atoms with E-state index in [2.05, 4.69) is 10.6 Å². The Hall–Kier alpha value is -3.94. The Morgan fingerprint density at radius 2 is 1.78 bits per heavy atom. The molecule has 1 atom stereocenters. The summed E-state index contributed by atoms with van der Waals surface area (Å²) in [7, 11) is 0. The van der Waals surface area contributed by atoms with Crippen LogP contribution in [0, 0.1) is 10.1 Å². The van der Waals surface area contributed by atoms with Crippen LogP contribution >= 0.6 is 0 Å². The number of nitro benzene ring substituents is 1. The molecule has 0 spiro atoms. The van der Waals surface area contributed by atoms with E-state index in [1.807, 2.05) is 0 Å². The lowest BCUT2D eigenvalue weighted by molar-refractivity contribution is -0.384. The maximum Gasteiger partial charge on any atom is 0.288 e. The Labute approximate surface area is 154 Å². The standard InChI is InChI=1S/C19H15N3O5/c23-17(13-6-2-1-3-7-13)18(21-19(24)16-10-5-11-27-16)20-14-8-4-9-15(12-14)22(25)26/h1-12,18,20H,(H,21,24)/t18-/m1/s1. The third kappa shape index (κ3) is 4.37. The van der Waals surface area contributed by atoms with Crippen molar-refractivity contribution >= 4 is 23.1 Å². The number of non-ortho nitro benzene ring substituents is 1. The molecule has 0 unspecified atom stereocenters. The maximum absolute atomic E-state index is 12.8. The predicted octanol–water partition coefficient (Wildman–Crippen LogP) is 3.24. The number of hydrogen-bond donors (Lipinski definition) is 2. The first-order valence-corrected chi connectivity index (χ1v) is 7.99. The number of nitro groups is 1. The van der Waals surface area contributed by atoms with Gasteiger partial charge in [-0.25, -0.2) is 0 Å². The normalized spacial score (nSPS) is 11.4.